The predicted octanol–water partition coefficient (Wildman–Crippen LogP) is 3.16. The van der Waals surface area contributed by atoms with Gasteiger partial charge in [-0.25, -0.2) is 0 Å². The summed E-state index contributed by atoms with van der Waals surface area (Å²) in [6, 6.07) is 1.71. The van der Waals surface area contributed by atoms with Crippen LogP contribution in [0.2, 0.25) is 0 Å². The van der Waals surface area contributed by atoms with E-state index in [9.17, 15) is 4.39 Å². The molecule has 0 aliphatic heterocycles. The van der Waals surface area contributed by atoms with Crippen LogP contribution in [0.25, 0.3) is 0 Å². The smallest absolute Gasteiger partial charge is 0.176 e. The zero-order valence-electron chi connectivity index (χ0n) is 6.40. The maximum Gasteiger partial charge on any atom is 0.176 e. The number of fused-ring (bicyclic) bond motifs is 1. The van der Waals surface area contributed by atoms with E-state index in [1.165, 1.54) is 41.0 Å². The summed E-state index contributed by atoms with van der Waals surface area (Å²) in [4.78, 5) is 1.29. The summed E-state index contributed by atoms with van der Waals surface area (Å²) in [6.45, 7) is 0. The van der Waals surface area contributed by atoms with E-state index in [0.29, 0.717) is 0 Å². The summed E-state index contributed by atoms with van der Waals surface area (Å²) < 4.78 is 12.7. The second kappa shape index (κ2) is 2.94. The van der Waals surface area contributed by atoms with Gasteiger partial charge >= 0.3 is 0 Å². The van der Waals surface area contributed by atoms with Crippen molar-refractivity contribution >= 4 is 11.3 Å². The molecule has 0 saturated carbocycles. The molecular formula is C9H11FS. The van der Waals surface area contributed by atoms with Gasteiger partial charge in [0.2, 0.25) is 0 Å². The van der Waals surface area contributed by atoms with Crippen LogP contribution in [0.1, 0.15) is 29.7 Å². The molecule has 0 saturated heterocycles. The van der Waals surface area contributed by atoms with E-state index in [1.54, 1.807) is 6.07 Å². The zero-order valence-corrected chi connectivity index (χ0v) is 7.22. The Hall–Kier alpha value is -0.370. The Morgan fingerprint density at radius 3 is 2.91 bits per heavy atom. The van der Waals surface area contributed by atoms with Crippen molar-refractivity contribution in [3.63, 3.8) is 0 Å². The molecule has 1 aromatic rings. The van der Waals surface area contributed by atoms with E-state index in [4.69, 9.17) is 0 Å². The van der Waals surface area contributed by atoms with Gasteiger partial charge in [-0.2, -0.15) is 4.39 Å². The van der Waals surface area contributed by atoms with Gasteiger partial charge in [0, 0.05) is 4.88 Å². The van der Waals surface area contributed by atoms with Crippen LogP contribution in [0.15, 0.2) is 6.07 Å². The lowest BCUT2D eigenvalue weighted by atomic mass is 10.1. The second-order valence-electron chi connectivity index (χ2n) is 3.06. The minimum absolute atomic E-state index is 0.00287. The van der Waals surface area contributed by atoms with Gasteiger partial charge in [0.15, 0.2) is 5.13 Å². The molecule has 0 aromatic carbocycles. The van der Waals surface area contributed by atoms with Gasteiger partial charge in [0.25, 0.3) is 0 Å². The third kappa shape index (κ3) is 1.45. The molecule has 11 heavy (non-hydrogen) atoms. The van der Waals surface area contributed by atoms with Crippen molar-refractivity contribution in [2.75, 3.05) is 0 Å². The van der Waals surface area contributed by atoms with Gasteiger partial charge in [-0.05, 0) is 37.3 Å². The Kier molecular flexibility index (Phi) is 1.95. The Morgan fingerprint density at radius 1 is 1.18 bits per heavy atom. The Balaban J connectivity index is 2.32. The number of rotatable bonds is 0. The van der Waals surface area contributed by atoms with Crippen molar-refractivity contribution < 1.29 is 4.39 Å². The standard InChI is InChI=1S/C9H11FS/c10-9-6-7-4-2-1-3-5-8(7)11-9/h6H,1-5H2. The molecule has 0 atom stereocenters. The molecule has 0 radical (unpaired) electrons. The summed E-state index contributed by atoms with van der Waals surface area (Å²) in [5, 5.41) is -0.00287. The van der Waals surface area contributed by atoms with Gasteiger partial charge in [-0.1, -0.05) is 6.42 Å². The molecule has 60 valence electrons. The minimum atomic E-state index is -0.00287. The number of aryl methyl sites for hydroxylation is 2. The average molecular weight is 170 g/mol. The molecule has 2 heteroatoms. The van der Waals surface area contributed by atoms with E-state index in [0.717, 1.165) is 12.8 Å². The van der Waals surface area contributed by atoms with Crippen LogP contribution < -0.4 is 0 Å². The number of hydrogen-bond donors (Lipinski definition) is 0. The van der Waals surface area contributed by atoms with Gasteiger partial charge in [0.05, 0.1) is 0 Å². The molecule has 1 aromatic heterocycles. The van der Waals surface area contributed by atoms with Crippen LogP contribution in [0.3, 0.4) is 0 Å². The maximum absolute atomic E-state index is 12.7. The SMILES string of the molecule is Fc1cc2c(s1)CCCCC2. The molecule has 1 heterocycles. The first-order valence-electron chi connectivity index (χ1n) is 4.13. The highest BCUT2D eigenvalue weighted by Crippen LogP contribution is 2.27. The summed E-state index contributed by atoms with van der Waals surface area (Å²) in [5.74, 6) is 0. The largest absolute Gasteiger partial charge is 0.195 e. The molecule has 0 bridgehead atoms. The van der Waals surface area contributed by atoms with Crippen LogP contribution in [0.5, 0.6) is 0 Å². The molecule has 0 amide bonds. The number of thiophene rings is 1. The molecule has 0 unspecified atom stereocenters. The van der Waals surface area contributed by atoms with E-state index in [2.05, 4.69) is 0 Å². The first-order valence-corrected chi connectivity index (χ1v) is 4.95. The van der Waals surface area contributed by atoms with Crippen LogP contribution in [0, 0.1) is 5.13 Å². The van der Waals surface area contributed by atoms with Crippen molar-refractivity contribution in [2.45, 2.75) is 32.1 Å². The van der Waals surface area contributed by atoms with Gasteiger partial charge < -0.3 is 0 Å². The molecule has 0 N–H and O–H groups in total. The van der Waals surface area contributed by atoms with Crippen LogP contribution in [-0.2, 0) is 12.8 Å². The van der Waals surface area contributed by atoms with Crippen molar-refractivity contribution in [1.82, 2.24) is 0 Å². The van der Waals surface area contributed by atoms with E-state index < -0.39 is 0 Å². The number of hydrogen-bond acceptors (Lipinski definition) is 1. The topological polar surface area (TPSA) is 0 Å². The highest BCUT2D eigenvalue weighted by molar-refractivity contribution is 7.10. The quantitative estimate of drug-likeness (QED) is 0.525. The fourth-order valence-electron chi connectivity index (χ4n) is 1.63. The molecule has 2 rings (SSSR count). The van der Waals surface area contributed by atoms with Crippen molar-refractivity contribution in [3.8, 4) is 0 Å². The minimum Gasteiger partial charge on any atom is -0.195 e. The Bertz CT molecular complexity index is 229. The lowest BCUT2D eigenvalue weighted by Gasteiger charge is -1.92. The summed E-state index contributed by atoms with van der Waals surface area (Å²) >= 11 is 1.34. The molecule has 1 aliphatic rings. The molecular weight excluding hydrogens is 159 g/mol. The molecule has 0 fully saturated rings. The highest BCUT2D eigenvalue weighted by atomic mass is 32.1. The van der Waals surface area contributed by atoms with E-state index in [-0.39, 0.29) is 5.13 Å². The first-order chi connectivity index (χ1) is 5.36. The molecule has 0 nitrogen and oxygen atoms in total. The zero-order chi connectivity index (χ0) is 7.68. The predicted molar refractivity (Wildman–Crippen MR) is 45.5 cm³/mol. The first kappa shape index (κ1) is 7.29. The van der Waals surface area contributed by atoms with Crippen LogP contribution >= 0.6 is 11.3 Å². The third-order valence-corrected chi connectivity index (χ3v) is 3.24. The van der Waals surface area contributed by atoms with Crippen molar-refractivity contribution in [2.24, 2.45) is 0 Å². The van der Waals surface area contributed by atoms with Crippen molar-refractivity contribution in [1.29, 1.82) is 0 Å². The summed E-state index contributed by atoms with van der Waals surface area (Å²) in [7, 11) is 0. The van der Waals surface area contributed by atoms with Gasteiger partial charge in [-0.3, -0.25) is 0 Å². The lowest BCUT2D eigenvalue weighted by Crippen LogP contribution is -1.80. The number of halogens is 1. The average Bonchev–Trinajstić information content (AvgIpc) is 2.17. The maximum atomic E-state index is 12.7. The molecule has 1 aliphatic carbocycles. The van der Waals surface area contributed by atoms with Gasteiger partial charge in [0.1, 0.15) is 0 Å². The summed E-state index contributed by atoms with van der Waals surface area (Å²) in [5.41, 5.74) is 1.27. The monoisotopic (exact) mass is 170 g/mol. The normalized spacial score (nSPS) is 17.5. The third-order valence-electron chi connectivity index (χ3n) is 2.22. The highest BCUT2D eigenvalue weighted by Gasteiger charge is 2.11. The second-order valence-corrected chi connectivity index (χ2v) is 4.15. The Morgan fingerprint density at radius 2 is 2.00 bits per heavy atom. The lowest BCUT2D eigenvalue weighted by molar-refractivity contribution is 0.653. The van der Waals surface area contributed by atoms with Crippen LogP contribution in [-0.4, -0.2) is 0 Å². The fraction of sp³-hybridized carbons (Fsp3) is 0.556. The van der Waals surface area contributed by atoms with Gasteiger partial charge in [-0.15, -0.1) is 11.3 Å². The van der Waals surface area contributed by atoms with E-state index >= 15 is 0 Å². The fourth-order valence-corrected chi connectivity index (χ4v) is 2.61. The summed E-state index contributed by atoms with van der Waals surface area (Å²) in [6.07, 6.45) is 5.98. The van der Waals surface area contributed by atoms with Crippen LogP contribution in [0.4, 0.5) is 4.39 Å². The van der Waals surface area contributed by atoms with E-state index in [1.807, 2.05) is 0 Å². The Labute approximate surface area is 70.1 Å². The van der Waals surface area contributed by atoms with Crippen molar-refractivity contribution in [3.05, 3.63) is 21.6 Å². The molecule has 0 spiro atoms.